The van der Waals surface area contributed by atoms with Gasteiger partial charge in [0.1, 0.15) is 0 Å². The van der Waals surface area contributed by atoms with Crippen molar-refractivity contribution >= 4 is 11.3 Å². The van der Waals surface area contributed by atoms with Gasteiger partial charge in [-0.25, -0.2) is 9.67 Å². The third kappa shape index (κ3) is 2.13. The zero-order chi connectivity index (χ0) is 14.1. The Kier molecular flexibility index (Phi) is 2.82. The molecule has 0 saturated heterocycles. The molecule has 0 spiro atoms. The lowest BCUT2D eigenvalue weighted by Crippen LogP contribution is -2.00. The summed E-state index contributed by atoms with van der Waals surface area (Å²) >= 11 is 1.59. The fraction of sp³-hybridized carbons (Fsp3) is 0. The summed E-state index contributed by atoms with van der Waals surface area (Å²) in [5.41, 5.74) is 1.69. The predicted molar refractivity (Wildman–Crippen MR) is 78.0 cm³/mol. The molecule has 0 amide bonds. The average Bonchev–Trinajstić information content (AvgIpc) is 3.27. The van der Waals surface area contributed by atoms with Crippen LogP contribution in [0.5, 0.6) is 0 Å². The van der Waals surface area contributed by atoms with E-state index >= 15 is 0 Å². The van der Waals surface area contributed by atoms with Crippen LogP contribution in [-0.4, -0.2) is 24.9 Å². The summed E-state index contributed by atoms with van der Waals surface area (Å²) in [4.78, 5) is 8.79. The van der Waals surface area contributed by atoms with Gasteiger partial charge in [-0.3, -0.25) is 0 Å². The molecule has 102 valence electrons. The highest BCUT2D eigenvalue weighted by Gasteiger charge is 2.15. The van der Waals surface area contributed by atoms with Crippen LogP contribution in [0.4, 0.5) is 0 Å². The normalized spacial score (nSPS) is 10.9. The van der Waals surface area contributed by atoms with Crippen LogP contribution in [-0.2, 0) is 0 Å². The molecule has 0 saturated carbocycles. The van der Waals surface area contributed by atoms with Crippen LogP contribution >= 0.6 is 11.3 Å². The SMILES string of the molecule is c1cnc(-n2cccn2)c(-c2noc(-c3ccsc3)n2)c1. The highest BCUT2D eigenvalue weighted by atomic mass is 32.1. The lowest BCUT2D eigenvalue weighted by atomic mass is 10.2. The zero-order valence-electron chi connectivity index (χ0n) is 10.7. The van der Waals surface area contributed by atoms with E-state index in [9.17, 15) is 0 Å². The van der Waals surface area contributed by atoms with Crippen molar-refractivity contribution in [3.8, 4) is 28.7 Å². The molecule has 4 heterocycles. The standard InChI is InChI=1S/C14H9N5OS/c1-3-11(13(15-5-1)19-7-2-6-16-19)12-17-14(20-18-12)10-4-8-21-9-10/h1-9H. The zero-order valence-corrected chi connectivity index (χ0v) is 11.6. The van der Waals surface area contributed by atoms with Crippen LogP contribution in [0.3, 0.4) is 0 Å². The molecule has 7 heteroatoms. The first-order chi connectivity index (χ1) is 10.4. The lowest BCUT2D eigenvalue weighted by Gasteiger charge is -2.03. The van der Waals surface area contributed by atoms with Crippen molar-refractivity contribution in [3.63, 3.8) is 0 Å². The topological polar surface area (TPSA) is 69.6 Å². The molecule has 4 aromatic heterocycles. The third-order valence-corrected chi connectivity index (χ3v) is 3.63. The summed E-state index contributed by atoms with van der Waals surface area (Å²) in [7, 11) is 0. The molecule has 0 aliphatic carbocycles. The van der Waals surface area contributed by atoms with Crippen molar-refractivity contribution < 1.29 is 4.52 Å². The summed E-state index contributed by atoms with van der Waals surface area (Å²) in [6.07, 6.45) is 5.23. The van der Waals surface area contributed by atoms with Gasteiger partial charge < -0.3 is 4.52 Å². The Morgan fingerprint density at radius 2 is 2.14 bits per heavy atom. The molecule has 4 rings (SSSR count). The van der Waals surface area contributed by atoms with Crippen LogP contribution < -0.4 is 0 Å². The van der Waals surface area contributed by atoms with Crippen molar-refractivity contribution in [3.05, 3.63) is 53.6 Å². The summed E-state index contributed by atoms with van der Waals surface area (Å²) in [5.74, 6) is 1.66. The molecule has 0 aromatic carbocycles. The maximum absolute atomic E-state index is 5.32. The second kappa shape index (κ2) is 4.95. The molecule has 0 atom stereocenters. The van der Waals surface area contributed by atoms with Crippen molar-refractivity contribution in [1.29, 1.82) is 0 Å². The minimum absolute atomic E-state index is 0.495. The number of aromatic nitrogens is 5. The molecular weight excluding hydrogens is 286 g/mol. The van der Waals surface area contributed by atoms with Gasteiger partial charge in [0.15, 0.2) is 5.82 Å². The highest BCUT2D eigenvalue weighted by molar-refractivity contribution is 7.08. The van der Waals surface area contributed by atoms with Gasteiger partial charge in [0.05, 0.1) is 11.1 Å². The van der Waals surface area contributed by atoms with E-state index in [1.807, 2.05) is 41.2 Å². The maximum atomic E-state index is 5.32. The van der Waals surface area contributed by atoms with Gasteiger partial charge in [-0.15, -0.1) is 0 Å². The van der Waals surface area contributed by atoms with E-state index in [2.05, 4.69) is 20.2 Å². The minimum Gasteiger partial charge on any atom is -0.334 e. The second-order valence-corrected chi connectivity index (χ2v) is 5.04. The number of thiophene rings is 1. The molecule has 0 N–H and O–H groups in total. The predicted octanol–water partition coefficient (Wildman–Crippen LogP) is 3.05. The van der Waals surface area contributed by atoms with Gasteiger partial charge in [-0.05, 0) is 29.6 Å². The summed E-state index contributed by atoms with van der Waals surface area (Å²) in [5, 5.41) is 12.2. The van der Waals surface area contributed by atoms with Crippen LogP contribution in [0.1, 0.15) is 0 Å². The maximum Gasteiger partial charge on any atom is 0.259 e. The van der Waals surface area contributed by atoms with Crippen molar-refractivity contribution in [2.45, 2.75) is 0 Å². The van der Waals surface area contributed by atoms with E-state index in [-0.39, 0.29) is 0 Å². The fourth-order valence-electron chi connectivity index (χ4n) is 1.98. The van der Waals surface area contributed by atoms with Crippen LogP contribution in [0.25, 0.3) is 28.7 Å². The van der Waals surface area contributed by atoms with E-state index in [0.29, 0.717) is 17.5 Å². The largest absolute Gasteiger partial charge is 0.334 e. The molecule has 6 nitrogen and oxygen atoms in total. The summed E-state index contributed by atoms with van der Waals surface area (Å²) < 4.78 is 7.00. The quantitative estimate of drug-likeness (QED) is 0.581. The van der Waals surface area contributed by atoms with Gasteiger partial charge in [-0.1, -0.05) is 5.16 Å². The minimum atomic E-state index is 0.495. The Morgan fingerprint density at radius 1 is 1.14 bits per heavy atom. The molecule has 0 unspecified atom stereocenters. The van der Waals surface area contributed by atoms with Crippen LogP contribution in [0, 0.1) is 0 Å². The molecule has 0 aliphatic heterocycles. The van der Waals surface area contributed by atoms with Gasteiger partial charge in [-0.2, -0.15) is 21.4 Å². The number of nitrogens with zero attached hydrogens (tertiary/aromatic N) is 5. The molecule has 0 aliphatic rings. The Hall–Kier alpha value is -2.80. The van der Waals surface area contributed by atoms with E-state index in [0.717, 1.165) is 11.1 Å². The molecule has 0 bridgehead atoms. The van der Waals surface area contributed by atoms with E-state index in [1.54, 1.807) is 28.4 Å². The summed E-state index contributed by atoms with van der Waals surface area (Å²) in [6.45, 7) is 0. The Balaban J connectivity index is 1.81. The first-order valence-corrected chi connectivity index (χ1v) is 7.18. The van der Waals surface area contributed by atoms with E-state index in [1.165, 1.54) is 0 Å². The van der Waals surface area contributed by atoms with Gasteiger partial charge in [0.2, 0.25) is 5.82 Å². The first kappa shape index (κ1) is 12.0. The van der Waals surface area contributed by atoms with Gasteiger partial charge in [0, 0.05) is 24.0 Å². The monoisotopic (exact) mass is 295 g/mol. The van der Waals surface area contributed by atoms with E-state index in [4.69, 9.17) is 4.52 Å². The number of hydrogen-bond donors (Lipinski definition) is 0. The van der Waals surface area contributed by atoms with Crippen LogP contribution in [0.2, 0.25) is 0 Å². The molecule has 0 radical (unpaired) electrons. The Labute approximate surface area is 123 Å². The fourth-order valence-corrected chi connectivity index (χ4v) is 2.61. The summed E-state index contributed by atoms with van der Waals surface area (Å²) in [6, 6.07) is 7.51. The second-order valence-electron chi connectivity index (χ2n) is 4.26. The number of rotatable bonds is 3. The Bertz CT molecular complexity index is 851. The van der Waals surface area contributed by atoms with Gasteiger partial charge >= 0.3 is 0 Å². The third-order valence-electron chi connectivity index (χ3n) is 2.94. The first-order valence-electron chi connectivity index (χ1n) is 6.23. The Morgan fingerprint density at radius 3 is 2.95 bits per heavy atom. The smallest absolute Gasteiger partial charge is 0.259 e. The highest BCUT2D eigenvalue weighted by Crippen LogP contribution is 2.26. The van der Waals surface area contributed by atoms with Crippen molar-refractivity contribution in [2.75, 3.05) is 0 Å². The van der Waals surface area contributed by atoms with Crippen molar-refractivity contribution in [2.24, 2.45) is 0 Å². The number of hydrogen-bond acceptors (Lipinski definition) is 6. The van der Waals surface area contributed by atoms with Crippen LogP contribution in [0.15, 0.2) is 58.1 Å². The molecule has 4 aromatic rings. The molecule has 21 heavy (non-hydrogen) atoms. The van der Waals surface area contributed by atoms with Gasteiger partial charge in [0.25, 0.3) is 5.89 Å². The molecular formula is C14H9N5OS. The number of pyridine rings is 1. The lowest BCUT2D eigenvalue weighted by molar-refractivity contribution is 0.432. The molecule has 0 fully saturated rings. The van der Waals surface area contributed by atoms with E-state index < -0.39 is 0 Å². The average molecular weight is 295 g/mol. The van der Waals surface area contributed by atoms with Crippen molar-refractivity contribution in [1.82, 2.24) is 24.9 Å².